The van der Waals surface area contributed by atoms with Gasteiger partial charge in [0, 0.05) is 0 Å². The number of rotatable bonds is 6. The van der Waals surface area contributed by atoms with E-state index in [1.807, 2.05) is 36.4 Å². The van der Waals surface area contributed by atoms with Gasteiger partial charge in [0.1, 0.15) is 17.2 Å². The van der Waals surface area contributed by atoms with Crippen molar-refractivity contribution >= 4 is 8.60 Å². The van der Waals surface area contributed by atoms with Gasteiger partial charge in [-0.2, -0.15) is 0 Å². The first-order chi connectivity index (χ1) is 15.7. The van der Waals surface area contributed by atoms with Gasteiger partial charge in [-0.25, -0.2) is 0 Å². The molecular formula is C30H39O3P. The molecule has 0 amide bonds. The average Bonchev–Trinajstić information content (AvgIpc) is 2.73. The van der Waals surface area contributed by atoms with Crippen LogP contribution >= 0.6 is 8.60 Å². The highest BCUT2D eigenvalue weighted by atomic mass is 31.2. The van der Waals surface area contributed by atoms with E-state index in [-0.39, 0.29) is 16.2 Å². The first-order valence-corrected chi connectivity index (χ1v) is 13.0. The zero-order valence-corrected chi connectivity index (χ0v) is 23.0. The van der Waals surface area contributed by atoms with E-state index in [9.17, 15) is 0 Å². The lowest BCUT2D eigenvalue weighted by Gasteiger charge is -2.22. The van der Waals surface area contributed by atoms with E-state index in [0.717, 1.165) is 17.2 Å². The summed E-state index contributed by atoms with van der Waals surface area (Å²) in [6, 6.07) is 24.5. The molecular weight excluding hydrogens is 439 g/mol. The molecule has 3 nitrogen and oxygen atoms in total. The van der Waals surface area contributed by atoms with Crippen LogP contribution in [0.5, 0.6) is 17.2 Å². The molecule has 0 aliphatic carbocycles. The predicted molar refractivity (Wildman–Crippen MR) is 144 cm³/mol. The molecule has 0 aromatic heterocycles. The van der Waals surface area contributed by atoms with Crippen molar-refractivity contribution in [3.63, 3.8) is 0 Å². The Morgan fingerprint density at radius 3 is 0.765 bits per heavy atom. The Balaban J connectivity index is 1.82. The van der Waals surface area contributed by atoms with Gasteiger partial charge >= 0.3 is 8.60 Å². The third kappa shape index (κ3) is 7.24. The number of hydrogen-bond donors (Lipinski definition) is 0. The molecule has 182 valence electrons. The minimum atomic E-state index is -1.70. The van der Waals surface area contributed by atoms with Crippen molar-refractivity contribution in [1.82, 2.24) is 0 Å². The summed E-state index contributed by atoms with van der Waals surface area (Å²) in [5, 5.41) is 0. The Morgan fingerprint density at radius 1 is 0.382 bits per heavy atom. The van der Waals surface area contributed by atoms with Crippen LogP contribution in [0, 0.1) is 0 Å². The molecule has 3 rings (SSSR count). The molecule has 0 bridgehead atoms. The van der Waals surface area contributed by atoms with Crippen molar-refractivity contribution in [2.45, 2.75) is 78.6 Å². The molecule has 0 spiro atoms. The summed E-state index contributed by atoms with van der Waals surface area (Å²) < 4.78 is 18.6. The second-order valence-corrected chi connectivity index (χ2v) is 12.8. The van der Waals surface area contributed by atoms with Crippen LogP contribution < -0.4 is 13.6 Å². The van der Waals surface area contributed by atoms with Crippen molar-refractivity contribution in [3.05, 3.63) is 89.5 Å². The van der Waals surface area contributed by atoms with Gasteiger partial charge in [0.2, 0.25) is 0 Å². The molecule has 0 atom stereocenters. The van der Waals surface area contributed by atoms with Crippen LogP contribution in [0.3, 0.4) is 0 Å². The highest BCUT2D eigenvalue weighted by Crippen LogP contribution is 2.43. The van der Waals surface area contributed by atoms with Crippen molar-refractivity contribution in [2.24, 2.45) is 0 Å². The van der Waals surface area contributed by atoms with E-state index in [1.54, 1.807) is 0 Å². The minimum Gasteiger partial charge on any atom is -0.409 e. The maximum atomic E-state index is 6.21. The lowest BCUT2D eigenvalue weighted by atomic mass is 9.87. The zero-order chi connectivity index (χ0) is 25.1. The van der Waals surface area contributed by atoms with Crippen LogP contribution in [0.1, 0.15) is 79.0 Å². The number of benzene rings is 3. The predicted octanol–water partition coefficient (Wildman–Crippen LogP) is 9.34. The summed E-state index contributed by atoms with van der Waals surface area (Å²) in [7, 11) is -1.70. The van der Waals surface area contributed by atoms with Gasteiger partial charge in [0.05, 0.1) is 0 Å². The number of hydrogen-bond acceptors (Lipinski definition) is 3. The highest BCUT2D eigenvalue weighted by molar-refractivity contribution is 7.43. The van der Waals surface area contributed by atoms with Crippen LogP contribution in [0.15, 0.2) is 72.8 Å². The molecule has 0 aliphatic rings. The SMILES string of the molecule is CC(C)(C)c1ccc(OP(Oc2ccc(C(C)(C)C)cc2)Oc2ccc(C(C)(C)C)cc2)cc1. The largest absolute Gasteiger partial charge is 0.530 e. The molecule has 34 heavy (non-hydrogen) atoms. The van der Waals surface area contributed by atoms with Crippen LogP contribution in [0.25, 0.3) is 0 Å². The molecule has 0 fully saturated rings. The van der Waals surface area contributed by atoms with Gasteiger partial charge in [-0.05, 0) is 69.3 Å². The summed E-state index contributed by atoms with van der Waals surface area (Å²) in [6.45, 7) is 19.8. The molecule has 0 N–H and O–H groups in total. The highest BCUT2D eigenvalue weighted by Gasteiger charge is 2.22. The van der Waals surface area contributed by atoms with Gasteiger partial charge in [-0.3, -0.25) is 0 Å². The Hall–Kier alpha value is -2.51. The van der Waals surface area contributed by atoms with E-state index in [4.69, 9.17) is 13.6 Å². The summed E-state index contributed by atoms with van der Waals surface area (Å²) in [6.07, 6.45) is 0. The van der Waals surface area contributed by atoms with Gasteiger partial charge in [0.25, 0.3) is 0 Å². The molecule has 3 aromatic carbocycles. The minimum absolute atomic E-state index is 0.0832. The summed E-state index contributed by atoms with van der Waals surface area (Å²) in [5.74, 6) is 2.16. The van der Waals surface area contributed by atoms with E-state index >= 15 is 0 Å². The summed E-state index contributed by atoms with van der Waals surface area (Å²) in [4.78, 5) is 0. The molecule has 0 saturated carbocycles. The lowest BCUT2D eigenvalue weighted by molar-refractivity contribution is 0.387. The first-order valence-electron chi connectivity index (χ1n) is 11.9. The quantitative estimate of drug-likeness (QED) is 0.330. The van der Waals surface area contributed by atoms with Gasteiger partial charge in [-0.15, -0.1) is 0 Å². The van der Waals surface area contributed by atoms with E-state index in [1.165, 1.54) is 16.7 Å². The Kier molecular flexibility index (Phi) is 7.68. The fraction of sp³-hybridized carbons (Fsp3) is 0.400. The van der Waals surface area contributed by atoms with Crippen LogP contribution in [0.4, 0.5) is 0 Å². The summed E-state index contributed by atoms with van der Waals surface area (Å²) in [5.41, 5.74) is 4.00. The Labute approximate surface area is 207 Å². The van der Waals surface area contributed by atoms with Crippen molar-refractivity contribution < 1.29 is 13.6 Å². The normalized spacial score (nSPS) is 12.5. The molecule has 4 heteroatoms. The third-order valence-corrected chi connectivity index (χ3v) is 6.78. The maximum absolute atomic E-state index is 6.21. The van der Waals surface area contributed by atoms with Crippen molar-refractivity contribution in [2.75, 3.05) is 0 Å². The van der Waals surface area contributed by atoms with Gasteiger partial charge < -0.3 is 13.6 Å². The third-order valence-electron chi connectivity index (χ3n) is 5.70. The van der Waals surface area contributed by atoms with Crippen molar-refractivity contribution in [3.8, 4) is 17.2 Å². The van der Waals surface area contributed by atoms with E-state index < -0.39 is 8.60 Å². The molecule has 3 aromatic rings. The zero-order valence-electron chi connectivity index (χ0n) is 22.1. The first kappa shape index (κ1) is 26.1. The van der Waals surface area contributed by atoms with E-state index in [0.29, 0.717) is 0 Å². The van der Waals surface area contributed by atoms with Crippen LogP contribution in [-0.2, 0) is 16.2 Å². The molecule has 0 unspecified atom stereocenters. The maximum Gasteiger partial charge on any atom is 0.530 e. The molecule has 0 heterocycles. The van der Waals surface area contributed by atoms with Crippen molar-refractivity contribution in [1.29, 1.82) is 0 Å². The second kappa shape index (κ2) is 10.0. The Bertz CT molecular complexity index is 908. The smallest absolute Gasteiger partial charge is 0.409 e. The molecule has 0 saturated heterocycles. The average molecular weight is 479 g/mol. The molecule has 0 aliphatic heterocycles. The standard InChI is InChI=1S/C30H39O3P/c1-28(2,3)22-10-16-25(17-11-22)31-34(32-26-18-12-23(13-19-26)29(4,5)6)33-27-20-14-24(15-21-27)30(7,8)9/h10-21H,1-9H3. The monoisotopic (exact) mass is 478 g/mol. The molecule has 0 radical (unpaired) electrons. The van der Waals surface area contributed by atoms with E-state index in [2.05, 4.69) is 98.7 Å². The van der Waals surface area contributed by atoms with Crippen LogP contribution in [-0.4, -0.2) is 0 Å². The Morgan fingerprint density at radius 2 is 0.588 bits per heavy atom. The second-order valence-electron chi connectivity index (χ2n) is 11.8. The fourth-order valence-corrected chi connectivity index (χ4v) is 4.35. The topological polar surface area (TPSA) is 27.7 Å². The van der Waals surface area contributed by atoms with Crippen LogP contribution in [0.2, 0.25) is 0 Å². The fourth-order valence-electron chi connectivity index (χ4n) is 3.36. The van der Waals surface area contributed by atoms with Gasteiger partial charge in [0.15, 0.2) is 0 Å². The lowest BCUT2D eigenvalue weighted by Crippen LogP contribution is -2.11. The van der Waals surface area contributed by atoms with Gasteiger partial charge in [-0.1, -0.05) is 98.7 Å². The summed E-state index contributed by atoms with van der Waals surface area (Å²) >= 11 is 0.